The third-order valence-electron chi connectivity index (χ3n) is 3.52. The van der Waals surface area contributed by atoms with Crippen molar-refractivity contribution in [1.82, 2.24) is 9.97 Å². The van der Waals surface area contributed by atoms with E-state index >= 15 is 0 Å². The summed E-state index contributed by atoms with van der Waals surface area (Å²) >= 11 is 0. The number of carbonyl (C=O) groups is 1. The van der Waals surface area contributed by atoms with Crippen LogP contribution in [-0.2, 0) is 4.79 Å². The molecule has 6 heteroatoms. The van der Waals surface area contributed by atoms with Crippen LogP contribution in [-0.4, -0.2) is 23.0 Å². The highest BCUT2D eigenvalue weighted by atomic mass is 16.6. The zero-order chi connectivity index (χ0) is 17.8. The van der Waals surface area contributed by atoms with Crippen molar-refractivity contribution in [3.63, 3.8) is 0 Å². The van der Waals surface area contributed by atoms with Gasteiger partial charge >= 0.3 is 5.97 Å². The van der Waals surface area contributed by atoms with Crippen molar-refractivity contribution < 1.29 is 14.3 Å². The Kier molecular flexibility index (Phi) is 4.48. The molecule has 124 valence electrons. The largest absolute Gasteiger partial charge is 0.493 e. The molecule has 0 unspecified atom stereocenters. The molecule has 2 aromatic carbocycles. The number of rotatable bonds is 4. The lowest BCUT2D eigenvalue weighted by molar-refractivity contribution is -0.132. The first-order valence-electron chi connectivity index (χ1n) is 7.54. The van der Waals surface area contributed by atoms with Gasteiger partial charge in [-0.3, -0.25) is 4.79 Å². The molecule has 1 N–H and O–H groups in total. The Morgan fingerprint density at radius 3 is 2.72 bits per heavy atom. The normalized spacial score (nSPS) is 11.2. The fourth-order valence-electron chi connectivity index (χ4n) is 2.41. The minimum absolute atomic E-state index is 0.328. The minimum atomic E-state index is -0.429. The fraction of sp³-hybridized carbons (Fsp3) is 0.105. The van der Waals surface area contributed by atoms with E-state index in [1.165, 1.54) is 14.0 Å². The maximum Gasteiger partial charge on any atom is 0.308 e. The number of nitrogens with one attached hydrogen (secondary N) is 1. The predicted molar refractivity (Wildman–Crippen MR) is 93.9 cm³/mol. The van der Waals surface area contributed by atoms with Gasteiger partial charge in [-0.25, -0.2) is 4.98 Å². The number of benzene rings is 2. The van der Waals surface area contributed by atoms with Crippen molar-refractivity contribution in [2.45, 2.75) is 6.92 Å². The van der Waals surface area contributed by atoms with Gasteiger partial charge in [0.15, 0.2) is 11.5 Å². The Hall–Kier alpha value is -3.59. The maximum atomic E-state index is 11.1. The van der Waals surface area contributed by atoms with Crippen LogP contribution in [0.2, 0.25) is 0 Å². The molecule has 0 aliphatic carbocycles. The van der Waals surface area contributed by atoms with Crippen molar-refractivity contribution in [2.75, 3.05) is 7.11 Å². The number of para-hydroxylation sites is 2. The van der Waals surface area contributed by atoms with Gasteiger partial charge in [0, 0.05) is 6.92 Å². The number of imidazole rings is 1. The van der Waals surface area contributed by atoms with Crippen LogP contribution in [0.15, 0.2) is 42.5 Å². The quantitative estimate of drug-likeness (QED) is 0.448. The second-order valence-electron chi connectivity index (χ2n) is 5.28. The van der Waals surface area contributed by atoms with Gasteiger partial charge in [0.25, 0.3) is 0 Å². The molecule has 1 heterocycles. The van der Waals surface area contributed by atoms with Gasteiger partial charge < -0.3 is 14.5 Å². The maximum absolute atomic E-state index is 11.1. The Balaban J connectivity index is 1.99. The molecule has 25 heavy (non-hydrogen) atoms. The third-order valence-corrected chi connectivity index (χ3v) is 3.52. The summed E-state index contributed by atoms with van der Waals surface area (Å²) in [6, 6.07) is 14.8. The molecule has 6 nitrogen and oxygen atoms in total. The molecule has 0 spiro atoms. The standard InChI is InChI=1S/C19H15N3O3/c1-12(23)25-17-8-7-13(10-18(17)24-2)9-14(11-20)19-21-15-5-3-4-6-16(15)22-19/h3-10H,1-2H3,(H,21,22)/b14-9+. The lowest BCUT2D eigenvalue weighted by Gasteiger charge is -2.08. The van der Waals surface area contributed by atoms with Gasteiger partial charge in [0.05, 0.1) is 23.7 Å². The summed E-state index contributed by atoms with van der Waals surface area (Å²) in [5, 5.41) is 9.49. The highest BCUT2D eigenvalue weighted by Crippen LogP contribution is 2.30. The first-order chi connectivity index (χ1) is 12.1. The molecule has 3 rings (SSSR count). The molecule has 0 aliphatic rings. The average molecular weight is 333 g/mol. The molecule has 0 saturated carbocycles. The van der Waals surface area contributed by atoms with Crippen LogP contribution in [0.3, 0.4) is 0 Å². The number of hydrogen-bond acceptors (Lipinski definition) is 5. The molecule has 0 bridgehead atoms. The number of allylic oxidation sites excluding steroid dienone is 1. The minimum Gasteiger partial charge on any atom is -0.493 e. The predicted octanol–water partition coefficient (Wildman–Crippen LogP) is 3.56. The van der Waals surface area contributed by atoms with Gasteiger partial charge in [-0.2, -0.15) is 5.26 Å². The second kappa shape index (κ2) is 6.89. The third kappa shape index (κ3) is 3.51. The number of fused-ring (bicyclic) bond motifs is 1. The second-order valence-corrected chi connectivity index (χ2v) is 5.28. The number of nitrogens with zero attached hydrogens (tertiary/aromatic N) is 2. The number of aromatic amines is 1. The van der Waals surface area contributed by atoms with Crippen LogP contribution in [0, 0.1) is 11.3 Å². The summed E-state index contributed by atoms with van der Waals surface area (Å²) in [6.45, 7) is 1.32. The van der Waals surface area contributed by atoms with Gasteiger partial charge in [-0.05, 0) is 35.9 Å². The molecular weight excluding hydrogens is 318 g/mol. The number of methoxy groups -OCH3 is 1. The van der Waals surface area contributed by atoms with Crippen LogP contribution in [0.1, 0.15) is 18.3 Å². The van der Waals surface area contributed by atoms with Crippen LogP contribution >= 0.6 is 0 Å². The number of esters is 1. The molecule has 0 fully saturated rings. The first kappa shape index (κ1) is 16.3. The van der Waals surface area contributed by atoms with Crippen LogP contribution < -0.4 is 9.47 Å². The van der Waals surface area contributed by atoms with Gasteiger partial charge in [-0.15, -0.1) is 0 Å². The number of nitriles is 1. The zero-order valence-electron chi connectivity index (χ0n) is 13.7. The Bertz CT molecular complexity index is 979. The molecule has 3 aromatic rings. The summed E-state index contributed by atoms with van der Waals surface area (Å²) < 4.78 is 10.3. The number of hydrogen-bond donors (Lipinski definition) is 1. The molecule has 0 radical (unpaired) electrons. The van der Waals surface area contributed by atoms with Crippen molar-refractivity contribution in [3.05, 3.63) is 53.9 Å². The topological polar surface area (TPSA) is 88.0 Å². The van der Waals surface area contributed by atoms with Gasteiger partial charge in [0.2, 0.25) is 0 Å². The summed E-state index contributed by atoms with van der Waals surface area (Å²) in [4.78, 5) is 18.7. The number of carbonyl (C=O) groups excluding carboxylic acids is 1. The fourth-order valence-corrected chi connectivity index (χ4v) is 2.41. The Morgan fingerprint density at radius 2 is 2.04 bits per heavy atom. The number of aromatic nitrogens is 2. The van der Waals surface area contributed by atoms with E-state index in [1.54, 1.807) is 24.3 Å². The van der Waals surface area contributed by atoms with Crippen molar-refractivity contribution in [2.24, 2.45) is 0 Å². The van der Waals surface area contributed by atoms with E-state index in [-0.39, 0.29) is 0 Å². The zero-order valence-corrected chi connectivity index (χ0v) is 13.7. The monoisotopic (exact) mass is 333 g/mol. The summed E-state index contributed by atoms with van der Waals surface area (Å²) in [7, 11) is 1.49. The molecule has 0 atom stereocenters. The van der Waals surface area contributed by atoms with Crippen molar-refractivity contribution >= 4 is 28.7 Å². The summed E-state index contributed by atoms with van der Waals surface area (Å²) in [5.41, 5.74) is 2.77. The van der Waals surface area contributed by atoms with E-state index in [2.05, 4.69) is 16.0 Å². The Labute approximate surface area is 144 Å². The van der Waals surface area contributed by atoms with Crippen LogP contribution in [0.4, 0.5) is 0 Å². The van der Waals surface area contributed by atoms with Gasteiger partial charge in [-0.1, -0.05) is 18.2 Å². The summed E-state index contributed by atoms with van der Waals surface area (Å²) in [5.74, 6) is 0.800. The molecule has 0 saturated heterocycles. The molecule has 0 amide bonds. The van der Waals surface area contributed by atoms with E-state index in [0.29, 0.717) is 22.9 Å². The lowest BCUT2D eigenvalue weighted by Crippen LogP contribution is -2.03. The highest BCUT2D eigenvalue weighted by Gasteiger charge is 2.10. The molecular formula is C19H15N3O3. The lowest BCUT2D eigenvalue weighted by atomic mass is 10.1. The van der Waals surface area contributed by atoms with E-state index in [4.69, 9.17) is 9.47 Å². The van der Waals surface area contributed by atoms with Crippen molar-refractivity contribution in [3.8, 4) is 17.6 Å². The van der Waals surface area contributed by atoms with Crippen molar-refractivity contribution in [1.29, 1.82) is 5.26 Å². The first-order valence-corrected chi connectivity index (χ1v) is 7.54. The van der Waals surface area contributed by atoms with Gasteiger partial charge in [0.1, 0.15) is 11.9 Å². The molecule has 0 aliphatic heterocycles. The van der Waals surface area contributed by atoms with Crippen LogP contribution in [0.25, 0.3) is 22.7 Å². The smallest absolute Gasteiger partial charge is 0.308 e. The Morgan fingerprint density at radius 1 is 1.24 bits per heavy atom. The SMILES string of the molecule is COc1cc(/C=C(\C#N)c2nc3ccccc3[nH]2)ccc1OC(C)=O. The van der Waals surface area contributed by atoms with E-state index in [0.717, 1.165) is 16.6 Å². The highest BCUT2D eigenvalue weighted by molar-refractivity contribution is 5.90. The number of H-pyrrole nitrogens is 1. The van der Waals surface area contributed by atoms with Crippen LogP contribution in [0.5, 0.6) is 11.5 Å². The van der Waals surface area contributed by atoms with E-state index in [9.17, 15) is 10.1 Å². The number of ether oxygens (including phenoxy) is 2. The average Bonchev–Trinajstić information content (AvgIpc) is 3.04. The summed E-state index contributed by atoms with van der Waals surface area (Å²) in [6.07, 6.45) is 1.69. The van der Waals surface area contributed by atoms with E-state index < -0.39 is 5.97 Å². The molecule has 1 aromatic heterocycles. The van der Waals surface area contributed by atoms with E-state index in [1.807, 2.05) is 24.3 Å².